The number of carbonyl (C=O) groups is 1. The van der Waals surface area contributed by atoms with Gasteiger partial charge in [-0.25, -0.2) is 9.78 Å². The van der Waals surface area contributed by atoms with Gasteiger partial charge in [-0.2, -0.15) is 13.2 Å². The molecule has 2 aromatic rings. The normalized spacial score (nSPS) is 23.2. The molecule has 7 heteroatoms. The van der Waals surface area contributed by atoms with E-state index >= 15 is 0 Å². The molecule has 0 N–H and O–H groups in total. The summed E-state index contributed by atoms with van der Waals surface area (Å²) < 4.78 is 45.9. The Kier molecular flexibility index (Phi) is 5.89. The lowest BCUT2D eigenvalue weighted by atomic mass is 9.70. The van der Waals surface area contributed by atoms with Crippen molar-refractivity contribution in [2.24, 2.45) is 5.41 Å². The molecule has 1 saturated carbocycles. The van der Waals surface area contributed by atoms with Crippen LogP contribution in [0.4, 0.5) is 13.2 Å². The second-order valence-electron chi connectivity index (χ2n) is 7.04. The Morgan fingerprint density at radius 3 is 2.56 bits per heavy atom. The van der Waals surface area contributed by atoms with Gasteiger partial charge in [0.15, 0.2) is 0 Å². The molecule has 1 fully saturated rings. The molecule has 3 rings (SSSR count). The summed E-state index contributed by atoms with van der Waals surface area (Å²) >= 11 is 1.58. The van der Waals surface area contributed by atoms with Crippen molar-refractivity contribution >= 4 is 17.3 Å². The topological polar surface area (TPSA) is 39.2 Å². The highest BCUT2D eigenvalue weighted by Gasteiger charge is 2.55. The second-order valence-corrected chi connectivity index (χ2v) is 7.99. The van der Waals surface area contributed by atoms with Crippen LogP contribution < -0.4 is 0 Å². The highest BCUT2D eigenvalue weighted by Crippen LogP contribution is 2.52. The zero-order valence-electron chi connectivity index (χ0n) is 15.1. The number of carbonyl (C=O) groups excluding carboxylic acids is 1. The summed E-state index contributed by atoms with van der Waals surface area (Å²) in [4.78, 5) is 17.5. The number of thiophene rings is 1. The van der Waals surface area contributed by atoms with Crippen molar-refractivity contribution in [2.45, 2.75) is 57.7 Å². The summed E-state index contributed by atoms with van der Waals surface area (Å²) in [6, 6.07) is 7.29. The van der Waals surface area contributed by atoms with Gasteiger partial charge < -0.3 is 4.74 Å². The quantitative estimate of drug-likeness (QED) is 0.559. The lowest BCUT2D eigenvalue weighted by molar-refractivity contribution is -0.241. The van der Waals surface area contributed by atoms with E-state index in [1.54, 1.807) is 36.6 Å². The average molecular weight is 397 g/mol. The van der Waals surface area contributed by atoms with Crippen molar-refractivity contribution in [2.75, 3.05) is 0 Å². The minimum atomic E-state index is -4.21. The van der Waals surface area contributed by atoms with Gasteiger partial charge in [-0.05, 0) is 55.7 Å². The molecule has 0 atom stereocenters. The molecule has 0 bridgehead atoms. The number of pyridine rings is 1. The first kappa shape index (κ1) is 19.9. The molecule has 1 aliphatic rings. The van der Waals surface area contributed by atoms with Gasteiger partial charge in [0.1, 0.15) is 11.8 Å². The first-order valence-electron chi connectivity index (χ1n) is 9.12. The van der Waals surface area contributed by atoms with Crippen LogP contribution in [0.15, 0.2) is 35.8 Å². The molecule has 0 amide bonds. The minimum absolute atomic E-state index is 0.00698. The zero-order chi connectivity index (χ0) is 19.5. The Morgan fingerprint density at radius 1 is 1.30 bits per heavy atom. The molecule has 27 heavy (non-hydrogen) atoms. The number of halogens is 3. The number of alkyl halides is 3. The van der Waals surface area contributed by atoms with E-state index < -0.39 is 23.7 Å². The number of aromatic nitrogens is 1. The van der Waals surface area contributed by atoms with Gasteiger partial charge >= 0.3 is 12.1 Å². The number of hydrogen-bond acceptors (Lipinski definition) is 4. The highest BCUT2D eigenvalue weighted by molar-refractivity contribution is 7.13. The largest absolute Gasteiger partial charge is 0.458 e. The molecule has 0 saturated heterocycles. The molecule has 0 radical (unpaired) electrons. The van der Waals surface area contributed by atoms with Gasteiger partial charge in [0.25, 0.3) is 0 Å². The molecule has 0 unspecified atom stereocenters. The molecule has 1 aliphatic carbocycles. The monoisotopic (exact) mass is 397 g/mol. The summed E-state index contributed by atoms with van der Waals surface area (Å²) in [5.74, 6) is -0.576. The van der Waals surface area contributed by atoms with Crippen LogP contribution in [0.1, 0.15) is 55.9 Å². The Hall–Kier alpha value is -1.89. The number of esters is 1. The lowest BCUT2D eigenvalue weighted by Crippen LogP contribution is -2.43. The number of rotatable bonds is 5. The van der Waals surface area contributed by atoms with Crippen LogP contribution >= 0.6 is 11.3 Å². The third kappa shape index (κ3) is 4.34. The fourth-order valence-corrected chi connectivity index (χ4v) is 4.45. The van der Waals surface area contributed by atoms with Crippen LogP contribution in [0.2, 0.25) is 0 Å². The molecular formula is C20H22F3NO2S. The van der Waals surface area contributed by atoms with Crippen molar-refractivity contribution in [3.63, 3.8) is 0 Å². The van der Waals surface area contributed by atoms with Crippen molar-refractivity contribution < 1.29 is 22.7 Å². The summed E-state index contributed by atoms with van der Waals surface area (Å²) in [6.07, 6.45) is -1.98. The van der Waals surface area contributed by atoms with E-state index in [2.05, 4.69) is 4.98 Å². The predicted octanol–water partition coefficient (Wildman–Crippen LogP) is 6.26. The van der Waals surface area contributed by atoms with E-state index in [4.69, 9.17) is 4.74 Å². The lowest BCUT2D eigenvalue weighted by Gasteiger charge is -2.41. The smallest absolute Gasteiger partial charge is 0.394 e. The van der Waals surface area contributed by atoms with Crippen LogP contribution in [0.3, 0.4) is 0 Å². The molecule has 2 aromatic heterocycles. The highest BCUT2D eigenvalue weighted by atomic mass is 32.1. The molecule has 146 valence electrons. The van der Waals surface area contributed by atoms with Crippen molar-refractivity contribution in [3.05, 3.63) is 41.5 Å². The SMILES string of the molecule is CCC[C@]1(C(F)(F)F)CC[C@H](OC(=O)c2ccc(-c3cccs3)cn2)CC1. The van der Waals surface area contributed by atoms with E-state index in [9.17, 15) is 18.0 Å². The maximum atomic E-state index is 13.5. The van der Waals surface area contributed by atoms with Gasteiger partial charge in [0.05, 0.1) is 5.41 Å². The summed E-state index contributed by atoms with van der Waals surface area (Å²) in [5.41, 5.74) is -0.545. The first-order chi connectivity index (χ1) is 12.8. The summed E-state index contributed by atoms with van der Waals surface area (Å²) in [6.45, 7) is 1.77. The minimum Gasteiger partial charge on any atom is -0.458 e. The average Bonchev–Trinajstić information content (AvgIpc) is 3.17. The van der Waals surface area contributed by atoms with E-state index in [1.807, 2.05) is 17.5 Å². The Balaban J connectivity index is 1.59. The molecule has 0 spiro atoms. The fraction of sp³-hybridized carbons (Fsp3) is 0.500. The van der Waals surface area contributed by atoms with Crippen molar-refractivity contribution in [1.29, 1.82) is 0 Å². The van der Waals surface area contributed by atoms with E-state index in [1.165, 1.54) is 0 Å². The Bertz CT molecular complexity index is 749. The second kappa shape index (κ2) is 8.00. The third-order valence-corrected chi connectivity index (χ3v) is 6.19. The van der Waals surface area contributed by atoms with Crippen LogP contribution in [0.25, 0.3) is 10.4 Å². The van der Waals surface area contributed by atoms with Crippen LogP contribution in [-0.2, 0) is 4.74 Å². The molecule has 2 heterocycles. The van der Waals surface area contributed by atoms with Gasteiger partial charge in [0, 0.05) is 16.6 Å². The van der Waals surface area contributed by atoms with Gasteiger partial charge in [0.2, 0.25) is 0 Å². The van der Waals surface area contributed by atoms with E-state index in [0.29, 0.717) is 6.42 Å². The summed E-state index contributed by atoms with van der Waals surface area (Å²) in [7, 11) is 0. The van der Waals surface area contributed by atoms with Crippen LogP contribution in [0.5, 0.6) is 0 Å². The van der Waals surface area contributed by atoms with Gasteiger partial charge in [-0.1, -0.05) is 19.4 Å². The zero-order valence-corrected chi connectivity index (χ0v) is 15.9. The van der Waals surface area contributed by atoms with Crippen LogP contribution in [-0.4, -0.2) is 23.2 Å². The predicted molar refractivity (Wildman–Crippen MR) is 98.6 cm³/mol. The van der Waals surface area contributed by atoms with E-state index in [0.717, 1.165) is 10.4 Å². The Labute approximate surface area is 160 Å². The van der Waals surface area contributed by atoms with Gasteiger partial charge in [-0.3, -0.25) is 0 Å². The number of nitrogens with zero attached hydrogens (tertiary/aromatic N) is 1. The van der Waals surface area contributed by atoms with Crippen molar-refractivity contribution in [3.8, 4) is 10.4 Å². The number of hydrogen-bond donors (Lipinski definition) is 0. The first-order valence-corrected chi connectivity index (χ1v) is 10.0. The van der Waals surface area contributed by atoms with Gasteiger partial charge in [-0.15, -0.1) is 11.3 Å². The third-order valence-electron chi connectivity index (χ3n) is 5.27. The van der Waals surface area contributed by atoms with E-state index in [-0.39, 0.29) is 37.8 Å². The standard InChI is InChI=1S/C20H22F3NO2S/c1-2-9-19(20(21,22)23)10-7-15(8-11-19)26-18(25)16-6-5-14(13-24-16)17-4-3-12-27-17/h3-6,12-13,15H,2,7-11H2,1H3/t15-,19-. The van der Waals surface area contributed by atoms with Crippen molar-refractivity contribution in [1.82, 2.24) is 4.98 Å². The Morgan fingerprint density at radius 2 is 2.04 bits per heavy atom. The van der Waals surface area contributed by atoms with Crippen LogP contribution in [0, 0.1) is 5.41 Å². The molecular weight excluding hydrogens is 375 g/mol. The maximum absolute atomic E-state index is 13.5. The number of ether oxygens (including phenoxy) is 1. The maximum Gasteiger partial charge on any atom is 0.394 e. The molecule has 3 nitrogen and oxygen atoms in total. The molecule has 0 aromatic carbocycles. The molecule has 0 aliphatic heterocycles. The summed E-state index contributed by atoms with van der Waals surface area (Å²) in [5, 5.41) is 1.96. The fourth-order valence-electron chi connectivity index (χ4n) is 3.73.